The predicted octanol–water partition coefficient (Wildman–Crippen LogP) is 6.45. The zero-order valence-corrected chi connectivity index (χ0v) is 21.2. The number of halogens is 1. The Kier molecular flexibility index (Phi) is 5.08. The second-order valence-electron chi connectivity index (χ2n) is 10.6. The zero-order valence-electron chi connectivity index (χ0n) is 21.2. The van der Waals surface area contributed by atoms with E-state index in [1.807, 2.05) is 60.4 Å². The SMILES string of the molecule is Cc1ccc(C(=O)C2C(c3ccccc3)C3(C(=O)c4ccccc4C3=O)C3C=Cc4cc(F)ccc4N23)cc1. The minimum absolute atomic E-state index is 0.187. The molecular weight excluding hydrogens is 489 g/mol. The number of nitrogens with zero attached hydrogens (tertiary/aromatic N) is 1. The van der Waals surface area contributed by atoms with E-state index in [2.05, 4.69) is 0 Å². The lowest BCUT2D eigenvalue weighted by Gasteiger charge is -2.37. The van der Waals surface area contributed by atoms with Gasteiger partial charge in [-0.3, -0.25) is 14.4 Å². The van der Waals surface area contributed by atoms with Gasteiger partial charge < -0.3 is 4.90 Å². The summed E-state index contributed by atoms with van der Waals surface area (Å²) in [6, 6.07) is 26.5. The van der Waals surface area contributed by atoms with Crippen LogP contribution in [0, 0.1) is 18.2 Å². The van der Waals surface area contributed by atoms with Crippen molar-refractivity contribution in [1.82, 2.24) is 0 Å². The number of fused-ring (bicyclic) bond motifs is 5. The van der Waals surface area contributed by atoms with E-state index >= 15 is 0 Å². The van der Waals surface area contributed by atoms with E-state index < -0.39 is 29.2 Å². The third-order valence-electron chi connectivity index (χ3n) is 8.53. The molecule has 39 heavy (non-hydrogen) atoms. The molecule has 1 saturated heterocycles. The Labute approximate surface area is 225 Å². The summed E-state index contributed by atoms with van der Waals surface area (Å²) < 4.78 is 14.3. The fraction of sp³-hybridized carbons (Fsp3) is 0.147. The molecule has 5 heteroatoms. The summed E-state index contributed by atoms with van der Waals surface area (Å²) in [5.41, 5.74) is 2.69. The highest BCUT2D eigenvalue weighted by atomic mass is 19.1. The molecule has 7 rings (SSSR count). The fourth-order valence-corrected chi connectivity index (χ4v) is 6.87. The van der Waals surface area contributed by atoms with Crippen LogP contribution in [-0.2, 0) is 0 Å². The van der Waals surface area contributed by atoms with E-state index in [-0.39, 0.29) is 17.3 Å². The number of rotatable bonds is 3. The molecule has 4 aromatic rings. The van der Waals surface area contributed by atoms with E-state index in [1.54, 1.807) is 48.5 Å². The first-order valence-electron chi connectivity index (χ1n) is 13.0. The Balaban J connectivity index is 1.54. The number of hydrogen-bond donors (Lipinski definition) is 0. The third-order valence-corrected chi connectivity index (χ3v) is 8.53. The molecule has 0 radical (unpaired) electrons. The summed E-state index contributed by atoms with van der Waals surface area (Å²) in [6.45, 7) is 1.95. The summed E-state index contributed by atoms with van der Waals surface area (Å²) in [5.74, 6) is -1.91. The number of ketones is 3. The Morgan fingerprint density at radius 3 is 2.13 bits per heavy atom. The van der Waals surface area contributed by atoms with Gasteiger partial charge >= 0.3 is 0 Å². The second-order valence-corrected chi connectivity index (χ2v) is 10.6. The van der Waals surface area contributed by atoms with Gasteiger partial charge in [0, 0.05) is 33.9 Å². The van der Waals surface area contributed by atoms with Crippen molar-refractivity contribution in [3.63, 3.8) is 0 Å². The van der Waals surface area contributed by atoms with E-state index in [0.29, 0.717) is 27.9 Å². The van der Waals surface area contributed by atoms with Crippen molar-refractivity contribution in [1.29, 1.82) is 0 Å². The van der Waals surface area contributed by atoms with Crippen molar-refractivity contribution in [3.05, 3.63) is 142 Å². The molecule has 3 atom stereocenters. The van der Waals surface area contributed by atoms with E-state index in [4.69, 9.17) is 0 Å². The van der Waals surface area contributed by atoms with Crippen LogP contribution >= 0.6 is 0 Å². The van der Waals surface area contributed by atoms with Crippen LogP contribution in [0.5, 0.6) is 0 Å². The summed E-state index contributed by atoms with van der Waals surface area (Å²) in [7, 11) is 0. The first-order chi connectivity index (χ1) is 18.9. The maximum atomic E-state index is 14.5. The highest BCUT2D eigenvalue weighted by molar-refractivity contribution is 6.32. The van der Waals surface area contributed by atoms with Crippen molar-refractivity contribution in [3.8, 4) is 0 Å². The fourth-order valence-electron chi connectivity index (χ4n) is 6.87. The number of hydrogen-bond acceptors (Lipinski definition) is 4. The van der Waals surface area contributed by atoms with Crippen LogP contribution in [0.25, 0.3) is 6.08 Å². The first kappa shape index (κ1) is 23.5. The Morgan fingerprint density at radius 2 is 1.46 bits per heavy atom. The van der Waals surface area contributed by atoms with Gasteiger partial charge in [0.15, 0.2) is 17.3 Å². The Bertz CT molecular complexity index is 1670. The van der Waals surface area contributed by atoms with Gasteiger partial charge in [-0.1, -0.05) is 96.6 Å². The topological polar surface area (TPSA) is 54.5 Å². The first-order valence-corrected chi connectivity index (χ1v) is 13.0. The maximum Gasteiger partial charge on any atom is 0.185 e. The quantitative estimate of drug-likeness (QED) is 0.233. The molecule has 1 fully saturated rings. The lowest BCUT2D eigenvalue weighted by Crippen LogP contribution is -2.48. The maximum absolute atomic E-state index is 14.5. The third kappa shape index (κ3) is 3.13. The average Bonchev–Trinajstić information content (AvgIpc) is 3.39. The molecule has 1 spiro atoms. The smallest absolute Gasteiger partial charge is 0.185 e. The molecule has 1 aliphatic carbocycles. The van der Waals surface area contributed by atoms with Gasteiger partial charge in [0.2, 0.25) is 0 Å². The van der Waals surface area contributed by atoms with Crippen LogP contribution in [0.2, 0.25) is 0 Å². The summed E-state index contributed by atoms with van der Waals surface area (Å²) in [4.78, 5) is 45.5. The number of Topliss-reactive ketones (excluding diaryl/α,β-unsaturated/α-hetero) is 3. The molecule has 0 N–H and O–H groups in total. The van der Waals surface area contributed by atoms with Gasteiger partial charge in [-0.2, -0.15) is 0 Å². The van der Waals surface area contributed by atoms with Crippen molar-refractivity contribution < 1.29 is 18.8 Å². The van der Waals surface area contributed by atoms with E-state index in [9.17, 15) is 18.8 Å². The van der Waals surface area contributed by atoms with E-state index in [1.165, 1.54) is 12.1 Å². The number of anilines is 1. The molecular formula is C34H24FNO3. The minimum atomic E-state index is -1.56. The number of carbonyl (C=O) groups is 3. The summed E-state index contributed by atoms with van der Waals surface area (Å²) in [5, 5.41) is 0. The number of carbonyl (C=O) groups excluding carboxylic acids is 3. The van der Waals surface area contributed by atoms with Crippen LogP contribution in [0.1, 0.15) is 53.7 Å². The van der Waals surface area contributed by atoms with Crippen LogP contribution < -0.4 is 4.90 Å². The normalized spacial score (nSPS) is 22.1. The summed E-state index contributed by atoms with van der Waals surface area (Å²) >= 11 is 0. The molecule has 4 nitrogen and oxygen atoms in total. The number of benzene rings is 4. The van der Waals surface area contributed by atoms with Gasteiger partial charge in [-0.05, 0) is 30.7 Å². The van der Waals surface area contributed by atoms with Crippen molar-refractivity contribution >= 4 is 29.1 Å². The lowest BCUT2D eigenvalue weighted by atomic mass is 9.64. The highest BCUT2D eigenvalue weighted by Crippen LogP contribution is 2.60. The van der Waals surface area contributed by atoms with Gasteiger partial charge in [0.25, 0.3) is 0 Å². The molecule has 2 aliphatic heterocycles. The lowest BCUT2D eigenvalue weighted by molar-refractivity contribution is 0.0666. The molecule has 4 aromatic carbocycles. The number of aryl methyl sites for hydroxylation is 1. The molecule has 0 amide bonds. The van der Waals surface area contributed by atoms with Gasteiger partial charge in [-0.15, -0.1) is 0 Å². The molecule has 0 aromatic heterocycles. The monoisotopic (exact) mass is 513 g/mol. The van der Waals surface area contributed by atoms with Gasteiger partial charge in [0.05, 0.1) is 6.04 Å². The van der Waals surface area contributed by atoms with Crippen molar-refractivity contribution in [2.75, 3.05) is 4.90 Å². The van der Waals surface area contributed by atoms with Crippen LogP contribution in [0.15, 0.2) is 103 Å². The Morgan fingerprint density at radius 1 is 0.821 bits per heavy atom. The standard InChI is InChI=1S/C34H24FNO3/c1-20-11-13-22(14-12-20)31(37)30-29(21-7-3-2-4-8-21)34(32(38)25-9-5-6-10-26(25)33(34)39)28-18-15-23-19-24(35)16-17-27(23)36(28)30/h2-19,28-30H,1H3. The van der Waals surface area contributed by atoms with Crippen LogP contribution in [0.3, 0.4) is 0 Å². The average molecular weight is 514 g/mol. The predicted molar refractivity (Wildman–Crippen MR) is 148 cm³/mol. The largest absolute Gasteiger partial charge is 0.352 e. The molecule has 3 aliphatic rings. The second kappa shape index (κ2) is 8.43. The van der Waals surface area contributed by atoms with Crippen LogP contribution in [-0.4, -0.2) is 29.4 Å². The van der Waals surface area contributed by atoms with E-state index in [0.717, 1.165) is 11.1 Å². The van der Waals surface area contributed by atoms with Crippen LogP contribution in [0.4, 0.5) is 10.1 Å². The molecule has 190 valence electrons. The minimum Gasteiger partial charge on any atom is -0.352 e. The van der Waals surface area contributed by atoms with Crippen molar-refractivity contribution in [2.24, 2.45) is 5.41 Å². The summed E-state index contributed by atoms with van der Waals surface area (Å²) in [6.07, 6.45) is 3.58. The molecule has 0 bridgehead atoms. The van der Waals surface area contributed by atoms with Crippen molar-refractivity contribution in [2.45, 2.75) is 24.9 Å². The van der Waals surface area contributed by atoms with Gasteiger partial charge in [0.1, 0.15) is 17.3 Å². The Hall–Kier alpha value is -4.64. The molecule has 2 heterocycles. The highest BCUT2D eigenvalue weighted by Gasteiger charge is 2.71. The van der Waals surface area contributed by atoms with Gasteiger partial charge in [-0.25, -0.2) is 4.39 Å². The molecule has 0 saturated carbocycles. The molecule has 3 unspecified atom stereocenters. The zero-order chi connectivity index (χ0) is 26.9.